The van der Waals surface area contributed by atoms with Crippen molar-refractivity contribution in [3.63, 3.8) is 0 Å². The largest absolute Gasteiger partial charge is 0.470 e. The highest BCUT2D eigenvalue weighted by Crippen LogP contribution is 2.28. The third kappa shape index (κ3) is 10.1. The number of nitrogens with zero attached hydrogens (tertiary/aromatic N) is 3. The van der Waals surface area contributed by atoms with E-state index in [0.29, 0.717) is 57.4 Å². The Morgan fingerprint density at radius 3 is 2.34 bits per heavy atom. The smallest absolute Gasteiger partial charge is 0.306 e. The summed E-state index contributed by atoms with van der Waals surface area (Å²) in [4.78, 5) is 39.4. The van der Waals surface area contributed by atoms with Gasteiger partial charge in [0.25, 0.3) is 5.88 Å². The summed E-state index contributed by atoms with van der Waals surface area (Å²) in [6, 6.07) is 0. The predicted octanol–water partition coefficient (Wildman–Crippen LogP) is 3.16. The van der Waals surface area contributed by atoms with Gasteiger partial charge in [-0.3, -0.25) is 14.4 Å². The predicted molar refractivity (Wildman–Crippen MR) is 145 cm³/mol. The summed E-state index contributed by atoms with van der Waals surface area (Å²) in [7, 11) is 0. The number of Topliss-reactive ketones (excluding diaryl/α,β-unsaturated/α-hetero) is 1. The van der Waals surface area contributed by atoms with Crippen molar-refractivity contribution in [3.8, 4) is 5.88 Å². The average Bonchev–Trinajstić information content (AvgIpc) is 3.36. The second kappa shape index (κ2) is 14.7. The van der Waals surface area contributed by atoms with Crippen molar-refractivity contribution in [2.75, 3.05) is 44.4 Å². The monoisotopic (exact) mass is 556 g/mol. The number of rotatable bonds is 15. The van der Waals surface area contributed by atoms with Gasteiger partial charge in [0.2, 0.25) is 5.82 Å². The van der Waals surface area contributed by atoms with Crippen molar-refractivity contribution in [1.29, 1.82) is 0 Å². The molecule has 1 unspecified atom stereocenters. The minimum atomic E-state index is -0.916. The lowest BCUT2D eigenvalue weighted by molar-refractivity contribution is -0.168. The molecule has 1 fully saturated rings. The van der Waals surface area contributed by atoms with Crippen LogP contribution in [0.3, 0.4) is 0 Å². The number of aromatic nitrogens is 2. The number of carbonyl (C=O) groups excluding carboxylic acids is 3. The highest BCUT2D eigenvalue weighted by molar-refractivity contribution is 6.99. The topological polar surface area (TPSA) is 129 Å². The molecule has 1 aromatic rings. The van der Waals surface area contributed by atoms with Gasteiger partial charge in [-0.05, 0) is 34.1 Å². The van der Waals surface area contributed by atoms with E-state index in [1.807, 2.05) is 27.7 Å². The second-order valence-corrected chi connectivity index (χ2v) is 11.3. The molecule has 11 nitrogen and oxygen atoms in total. The lowest BCUT2D eigenvalue weighted by atomic mass is 9.84. The highest BCUT2D eigenvalue weighted by atomic mass is 32.1. The summed E-state index contributed by atoms with van der Waals surface area (Å²) < 4.78 is 31.3. The zero-order valence-corrected chi connectivity index (χ0v) is 24.6. The van der Waals surface area contributed by atoms with Crippen molar-refractivity contribution in [1.82, 2.24) is 14.1 Å². The van der Waals surface area contributed by atoms with Crippen molar-refractivity contribution in [2.24, 2.45) is 5.92 Å². The molecule has 0 saturated carbocycles. The Morgan fingerprint density at radius 1 is 1.08 bits per heavy atom. The molecule has 0 amide bonds. The molecular formula is C26H44N4O7S. The van der Waals surface area contributed by atoms with Gasteiger partial charge >= 0.3 is 11.9 Å². The van der Waals surface area contributed by atoms with Gasteiger partial charge in [-0.2, -0.15) is 4.37 Å². The van der Waals surface area contributed by atoms with Crippen LogP contribution in [-0.2, 0) is 28.6 Å². The fourth-order valence-electron chi connectivity index (χ4n) is 3.84. The minimum Gasteiger partial charge on any atom is -0.470 e. The minimum absolute atomic E-state index is 0.0304. The molecule has 1 aliphatic heterocycles. The summed E-state index contributed by atoms with van der Waals surface area (Å²) in [5, 5.41) is 3.33. The van der Waals surface area contributed by atoms with Gasteiger partial charge in [0.05, 0.1) is 43.7 Å². The number of anilines is 1. The third-order valence-corrected chi connectivity index (χ3v) is 7.15. The Labute approximate surface area is 230 Å². The van der Waals surface area contributed by atoms with Crippen molar-refractivity contribution >= 4 is 35.3 Å². The summed E-state index contributed by atoms with van der Waals surface area (Å²) in [5.74, 6) is -0.418. The number of esters is 2. The molecule has 216 valence electrons. The molecule has 38 heavy (non-hydrogen) atoms. The van der Waals surface area contributed by atoms with Crippen LogP contribution in [0.4, 0.5) is 5.82 Å². The van der Waals surface area contributed by atoms with Crippen molar-refractivity contribution < 1.29 is 33.3 Å². The molecule has 1 saturated heterocycles. The highest BCUT2D eigenvalue weighted by Gasteiger charge is 2.37. The maximum atomic E-state index is 12.7. The molecular weight excluding hydrogens is 512 g/mol. The van der Waals surface area contributed by atoms with Gasteiger partial charge in [0.15, 0.2) is 0 Å². The van der Waals surface area contributed by atoms with Crippen LogP contribution in [0.1, 0.15) is 74.1 Å². The molecule has 2 heterocycles. The third-order valence-electron chi connectivity index (χ3n) is 6.65. The van der Waals surface area contributed by atoms with Gasteiger partial charge in [-0.15, -0.1) is 4.37 Å². The first kappa shape index (κ1) is 31.9. The number of hydrogen-bond acceptors (Lipinski definition) is 12. The Morgan fingerprint density at radius 2 is 1.74 bits per heavy atom. The molecule has 0 aliphatic carbocycles. The van der Waals surface area contributed by atoms with Crippen LogP contribution in [0.5, 0.6) is 5.88 Å². The van der Waals surface area contributed by atoms with Gasteiger partial charge < -0.3 is 29.2 Å². The summed E-state index contributed by atoms with van der Waals surface area (Å²) in [6.45, 7) is 16.3. The molecule has 0 radical (unpaired) electrons. The van der Waals surface area contributed by atoms with E-state index in [-0.39, 0.29) is 30.8 Å². The van der Waals surface area contributed by atoms with E-state index in [9.17, 15) is 14.4 Å². The maximum absolute atomic E-state index is 12.7. The van der Waals surface area contributed by atoms with Crippen LogP contribution in [0.2, 0.25) is 0 Å². The quantitative estimate of drug-likeness (QED) is 0.320. The molecule has 0 spiro atoms. The number of nitrogens with one attached hydrogen (secondary N) is 1. The standard InChI is InChI=1S/C26H44N4O7S/c1-8-20(31)18(3)26(7,9-2)37-22(33)11-10-21(32)36-19(16-27-25(4,5)6)17-35-24-23(28-38-29-24)30-12-14-34-15-13-30/h18-19,27H,8-17H2,1-7H3/t18-,19-,26?/m0/s1. The lowest BCUT2D eigenvalue weighted by Gasteiger charge is -2.33. The number of carbonyl (C=O) groups is 3. The lowest BCUT2D eigenvalue weighted by Crippen LogP contribution is -2.44. The number of morpholine rings is 1. The van der Waals surface area contributed by atoms with E-state index in [1.165, 1.54) is 0 Å². The first-order valence-corrected chi connectivity index (χ1v) is 14.1. The van der Waals surface area contributed by atoms with E-state index in [1.54, 1.807) is 20.8 Å². The van der Waals surface area contributed by atoms with Gasteiger partial charge in [0.1, 0.15) is 24.1 Å². The van der Waals surface area contributed by atoms with E-state index in [2.05, 4.69) is 19.0 Å². The second-order valence-electron chi connectivity index (χ2n) is 10.7. The molecule has 2 rings (SSSR count). The van der Waals surface area contributed by atoms with E-state index < -0.39 is 29.6 Å². The van der Waals surface area contributed by atoms with E-state index in [0.717, 1.165) is 11.7 Å². The summed E-state index contributed by atoms with van der Waals surface area (Å²) >= 11 is 1.06. The normalized spacial score (nSPS) is 17.3. The van der Waals surface area contributed by atoms with Gasteiger partial charge in [-0.1, -0.05) is 20.8 Å². The van der Waals surface area contributed by atoms with Gasteiger partial charge in [-0.25, -0.2) is 0 Å². The average molecular weight is 557 g/mol. The fourth-order valence-corrected chi connectivity index (χ4v) is 4.36. The molecule has 0 aromatic carbocycles. The molecule has 1 aliphatic rings. The Kier molecular flexibility index (Phi) is 12.4. The van der Waals surface area contributed by atoms with Crippen molar-refractivity contribution in [3.05, 3.63) is 0 Å². The van der Waals surface area contributed by atoms with Crippen LogP contribution in [0.25, 0.3) is 0 Å². The molecule has 3 atom stereocenters. The first-order chi connectivity index (χ1) is 17.9. The van der Waals surface area contributed by atoms with Crippen LogP contribution in [0.15, 0.2) is 0 Å². The summed E-state index contributed by atoms with van der Waals surface area (Å²) in [6.07, 6.45) is -0.0272. The molecule has 12 heteroatoms. The van der Waals surface area contributed by atoms with E-state index >= 15 is 0 Å². The Hall–Kier alpha value is -2.31. The maximum Gasteiger partial charge on any atom is 0.306 e. The van der Waals surface area contributed by atoms with Crippen molar-refractivity contribution in [2.45, 2.75) is 91.4 Å². The van der Waals surface area contributed by atoms with Crippen LogP contribution in [-0.4, -0.2) is 83.2 Å². The molecule has 0 bridgehead atoms. The van der Waals surface area contributed by atoms with Gasteiger partial charge in [0, 0.05) is 31.6 Å². The zero-order chi connectivity index (χ0) is 28.3. The Bertz CT molecular complexity index is 914. The number of hydrogen-bond donors (Lipinski definition) is 1. The van der Waals surface area contributed by atoms with E-state index in [4.69, 9.17) is 18.9 Å². The first-order valence-electron chi connectivity index (χ1n) is 13.4. The molecule has 1 aromatic heterocycles. The molecule has 1 N–H and O–H groups in total. The Balaban J connectivity index is 1.94. The van der Waals surface area contributed by atoms with Crippen LogP contribution >= 0.6 is 11.7 Å². The number of ketones is 1. The summed E-state index contributed by atoms with van der Waals surface area (Å²) in [5.41, 5.74) is -1.12. The fraction of sp³-hybridized carbons (Fsp3) is 0.808. The SMILES string of the molecule is CCC(=O)[C@H](C)C(C)(CC)OC(=O)CCC(=O)O[C@@H](CNC(C)(C)C)COc1nsnc1N1CCOCC1. The van der Waals surface area contributed by atoms with Crippen LogP contribution in [0, 0.1) is 5.92 Å². The number of ether oxygens (including phenoxy) is 4. The van der Waals surface area contributed by atoms with Crippen LogP contribution < -0.4 is 15.0 Å². The zero-order valence-electron chi connectivity index (χ0n) is 23.8.